The van der Waals surface area contributed by atoms with Crippen LogP contribution in [0.3, 0.4) is 0 Å². The number of pyridine rings is 1. The van der Waals surface area contributed by atoms with E-state index in [-0.39, 0.29) is 12.3 Å². The van der Waals surface area contributed by atoms with E-state index in [0.29, 0.717) is 26.8 Å². The number of hydrogen-bond acceptors (Lipinski definition) is 7. The van der Waals surface area contributed by atoms with E-state index >= 15 is 0 Å². The van der Waals surface area contributed by atoms with Crippen LogP contribution in [0.4, 0.5) is 16.1 Å². The van der Waals surface area contributed by atoms with Crippen molar-refractivity contribution in [3.8, 4) is 0 Å². The first-order valence-corrected chi connectivity index (χ1v) is 9.14. The van der Waals surface area contributed by atoms with Gasteiger partial charge in [-0.25, -0.2) is 15.0 Å². The van der Waals surface area contributed by atoms with Crippen LogP contribution in [0.1, 0.15) is 16.3 Å². The highest BCUT2D eigenvalue weighted by Gasteiger charge is 2.11. The number of amides is 1. The van der Waals surface area contributed by atoms with Crippen LogP contribution in [0.25, 0.3) is 0 Å². The second-order valence-corrected chi connectivity index (χ2v) is 7.51. The molecule has 0 saturated carbocycles. The molecule has 0 aliphatic rings. The van der Waals surface area contributed by atoms with E-state index in [4.69, 9.17) is 11.6 Å². The number of nitrogens with zero attached hydrogens (tertiary/aromatic N) is 3. The molecular formula is C15H14ClN5OS2. The Morgan fingerprint density at radius 3 is 2.75 bits per heavy atom. The van der Waals surface area contributed by atoms with Gasteiger partial charge in [-0.3, -0.25) is 4.79 Å². The first kappa shape index (κ1) is 16.8. The monoisotopic (exact) mass is 379 g/mol. The minimum Gasteiger partial charge on any atom is -0.316 e. The third-order valence-corrected chi connectivity index (χ3v) is 5.15. The van der Waals surface area contributed by atoms with Crippen molar-refractivity contribution in [2.75, 3.05) is 10.6 Å². The lowest BCUT2D eigenvalue weighted by molar-refractivity contribution is -0.115. The van der Waals surface area contributed by atoms with E-state index in [1.54, 1.807) is 18.3 Å². The zero-order valence-corrected chi connectivity index (χ0v) is 15.3. The number of anilines is 3. The standard InChI is InChI=1S/C15H14ClN5OS2/c1-8-9(2)24-15(18-8)21-13(22)5-11-7-23-14(19-11)20-12-4-3-10(16)6-17-12/h3-4,6-7H,5H2,1-2H3,(H,17,19,20)(H,18,21,22). The molecule has 9 heteroatoms. The van der Waals surface area contributed by atoms with Gasteiger partial charge in [-0.05, 0) is 26.0 Å². The normalized spacial score (nSPS) is 10.6. The molecule has 24 heavy (non-hydrogen) atoms. The number of thiazole rings is 2. The second-order valence-electron chi connectivity index (χ2n) is 5.02. The van der Waals surface area contributed by atoms with Gasteiger partial charge in [-0.15, -0.1) is 22.7 Å². The highest BCUT2D eigenvalue weighted by atomic mass is 35.5. The zero-order chi connectivity index (χ0) is 17.1. The molecule has 0 spiro atoms. The quantitative estimate of drug-likeness (QED) is 0.694. The van der Waals surface area contributed by atoms with Crippen molar-refractivity contribution < 1.29 is 4.79 Å². The summed E-state index contributed by atoms with van der Waals surface area (Å²) in [6.07, 6.45) is 1.76. The van der Waals surface area contributed by atoms with Crippen LogP contribution in [-0.2, 0) is 11.2 Å². The van der Waals surface area contributed by atoms with E-state index < -0.39 is 0 Å². The molecular weight excluding hydrogens is 366 g/mol. The summed E-state index contributed by atoms with van der Waals surface area (Å²) in [6, 6.07) is 3.51. The Balaban J connectivity index is 1.59. The number of carbonyl (C=O) groups is 1. The number of halogens is 1. The van der Waals surface area contributed by atoms with Crippen LogP contribution in [0, 0.1) is 13.8 Å². The van der Waals surface area contributed by atoms with E-state index in [2.05, 4.69) is 25.6 Å². The fraction of sp³-hybridized carbons (Fsp3) is 0.200. The summed E-state index contributed by atoms with van der Waals surface area (Å²) in [5.74, 6) is 0.517. The van der Waals surface area contributed by atoms with Crippen molar-refractivity contribution in [2.24, 2.45) is 0 Å². The van der Waals surface area contributed by atoms with Gasteiger partial charge in [0, 0.05) is 16.5 Å². The molecule has 3 rings (SSSR count). The largest absolute Gasteiger partial charge is 0.316 e. The third-order valence-electron chi connectivity index (χ3n) is 3.13. The van der Waals surface area contributed by atoms with Crippen molar-refractivity contribution in [2.45, 2.75) is 20.3 Å². The van der Waals surface area contributed by atoms with Gasteiger partial charge in [0.2, 0.25) is 5.91 Å². The summed E-state index contributed by atoms with van der Waals surface area (Å²) in [5.41, 5.74) is 1.63. The van der Waals surface area contributed by atoms with Gasteiger partial charge in [-0.2, -0.15) is 0 Å². The Morgan fingerprint density at radius 2 is 2.08 bits per heavy atom. The molecule has 0 bridgehead atoms. The van der Waals surface area contributed by atoms with E-state index in [9.17, 15) is 4.79 Å². The van der Waals surface area contributed by atoms with Gasteiger partial charge >= 0.3 is 0 Å². The van der Waals surface area contributed by atoms with Crippen LogP contribution in [0.5, 0.6) is 0 Å². The number of hydrogen-bond donors (Lipinski definition) is 2. The Labute approximate surface area is 152 Å². The second kappa shape index (κ2) is 7.25. The van der Waals surface area contributed by atoms with E-state index in [1.165, 1.54) is 22.7 Å². The summed E-state index contributed by atoms with van der Waals surface area (Å²) in [6.45, 7) is 3.90. The smallest absolute Gasteiger partial charge is 0.232 e. The molecule has 0 aliphatic carbocycles. The molecule has 0 saturated heterocycles. The molecule has 0 aromatic carbocycles. The Bertz CT molecular complexity index is 840. The van der Waals surface area contributed by atoms with Crippen LogP contribution < -0.4 is 10.6 Å². The summed E-state index contributed by atoms with van der Waals surface area (Å²) in [5, 5.41) is 9.60. The number of carbonyl (C=O) groups excluding carboxylic acids is 1. The zero-order valence-electron chi connectivity index (χ0n) is 13.0. The van der Waals surface area contributed by atoms with Crippen LogP contribution >= 0.6 is 34.3 Å². The molecule has 0 atom stereocenters. The molecule has 6 nitrogen and oxygen atoms in total. The van der Waals surface area contributed by atoms with Crippen LogP contribution in [0.15, 0.2) is 23.7 Å². The lowest BCUT2D eigenvalue weighted by Gasteiger charge is -2.01. The van der Waals surface area contributed by atoms with Crippen LogP contribution in [-0.4, -0.2) is 20.9 Å². The topological polar surface area (TPSA) is 79.8 Å². The van der Waals surface area contributed by atoms with Gasteiger partial charge in [0.15, 0.2) is 10.3 Å². The molecule has 124 valence electrons. The molecule has 0 unspecified atom stereocenters. The maximum absolute atomic E-state index is 12.1. The van der Waals surface area contributed by atoms with Gasteiger partial charge in [0.05, 0.1) is 22.8 Å². The van der Waals surface area contributed by atoms with Crippen molar-refractivity contribution in [3.05, 3.63) is 45.0 Å². The molecule has 2 N–H and O–H groups in total. The maximum atomic E-state index is 12.1. The van der Waals surface area contributed by atoms with Crippen molar-refractivity contribution in [1.82, 2.24) is 15.0 Å². The minimum absolute atomic E-state index is 0.134. The summed E-state index contributed by atoms with van der Waals surface area (Å²) in [4.78, 5) is 26.0. The molecule has 0 fully saturated rings. The van der Waals surface area contributed by atoms with Crippen molar-refractivity contribution in [1.29, 1.82) is 0 Å². The molecule has 3 heterocycles. The highest BCUT2D eigenvalue weighted by molar-refractivity contribution is 7.15. The molecule has 3 aromatic rings. The summed E-state index contributed by atoms with van der Waals surface area (Å²) < 4.78 is 0. The predicted molar refractivity (Wildman–Crippen MR) is 98.6 cm³/mol. The van der Waals surface area contributed by atoms with E-state index in [0.717, 1.165) is 10.6 Å². The molecule has 3 aromatic heterocycles. The van der Waals surface area contributed by atoms with Crippen molar-refractivity contribution >= 4 is 56.3 Å². The Morgan fingerprint density at radius 1 is 1.25 bits per heavy atom. The fourth-order valence-corrected chi connectivity index (χ4v) is 3.52. The minimum atomic E-state index is -0.134. The van der Waals surface area contributed by atoms with Gasteiger partial charge < -0.3 is 10.6 Å². The summed E-state index contributed by atoms with van der Waals surface area (Å²) in [7, 11) is 0. The number of aromatic nitrogens is 3. The lowest BCUT2D eigenvalue weighted by Crippen LogP contribution is -2.14. The molecule has 0 aliphatic heterocycles. The highest BCUT2D eigenvalue weighted by Crippen LogP contribution is 2.23. The van der Waals surface area contributed by atoms with Crippen molar-refractivity contribution in [3.63, 3.8) is 0 Å². The van der Waals surface area contributed by atoms with Gasteiger partial charge in [0.1, 0.15) is 5.82 Å². The molecule has 1 amide bonds. The number of aryl methyl sites for hydroxylation is 2. The Kier molecular flexibility index (Phi) is 5.08. The lowest BCUT2D eigenvalue weighted by atomic mass is 10.3. The first-order chi connectivity index (χ1) is 11.5. The fourth-order valence-electron chi connectivity index (χ4n) is 1.86. The average Bonchev–Trinajstić information content (AvgIpc) is 3.08. The average molecular weight is 380 g/mol. The predicted octanol–water partition coefficient (Wildman–Crippen LogP) is 4.19. The SMILES string of the molecule is Cc1nc(NC(=O)Cc2csc(Nc3ccc(Cl)cn3)n2)sc1C. The Hall–Kier alpha value is -2.03. The van der Waals surface area contributed by atoms with Crippen LogP contribution in [0.2, 0.25) is 5.02 Å². The third kappa shape index (κ3) is 4.28. The number of rotatable bonds is 5. The summed E-state index contributed by atoms with van der Waals surface area (Å²) >= 11 is 8.69. The molecule has 0 radical (unpaired) electrons. The first-order valence-electron chi connectivity index (χ1n) is 7.06. The van der Waals surface area contributed by atoms with E-state index in [1.807, 2.05) is 19.2 Å². The van der Waals surface area contributed by atoms with Gasteiger partial charge in [-0.1, -0.05) is 11.6 Å². The number of nitrogens with one attached hydrogen (secondary N) is 2. The maximum Gasteiger partial charge on any atom is 0.232 e. The van der Waals surface area contributed by atoms with Gasteiger partial charge in [0.25, 0.3) is 0 Å².